The third-order valence-electron chi connectivity index (χ3n) is 3.50. The molecule has 5 nitrogen and oxygen atoms in total. The van der Waals surface area contributed by atoms with Crippen molar-refractivity contribution in [2.75, 3.05) is 12.4 Å². The molecule has 0 aromatic heterocycles. The molecule has 120 valence electrons. The van der Waals surface area contributed by atoms with Crippen LogP contribution in [0, 0.1) is 13.8 Å². The molecule has 0 spiro atoms. The molecule has 0 saturated heterocycles. The highest BCUT2D eigenvalue weighted by molar-refractivity contribution is 9.10. The number of nitrogens with one attached hydrogen (secondary N) is 1. The predicted molar refractivity (Wildman–Crippen MR) is 91.5 cm³/mol. The fourth-order valence-electron chi connectivity index (χ4n) is 2.36. The van der Waals surface area contributed by atoms with Crippen molar-refractivity contribution >= 4 is 33.5 Å². The lowest BCUT2D eigenvalue weighted by atomic mass is 10.1. The summed E-state index contributed by atoms with van der Waals surface area (Å²) >= 11 is 3.36. The molecule has 23 heavy (non-hydrogen) atoms. The van der Waals surface area contributed by atoms with Crippen LogP contribution < -0.4 is 10.1 Å². The average Bonchev–Trinajstić information content (AvgIpc) is 2.48. The summed E-state index contributed by atoms with van der Waals surface area (Å²) in [6, 6.07) is 8.27. The molecule has 0 bridgehead atoms. The Morgan fingerprint density at radius 1 is 1.17 bits per heavy atom. The Kier molecular flexibility index (Phi) is 5.05. The minimum absolute atomic E-state index is 0.153. The number of benzene rings is 2. The zero-order valence-electron chi connectivity index (χ0n) is 12.9. The van der Waals surface area contributed by atoms with E-state index in [-0.39, 0.29) is 11.5 Å². The molecule has 0 aliphatic rings. The van der Waals surface area contributed by atoms with Gasteiger partial charge in [-0.3, -0.25) is 4.79 Å². The number of aryl methyl sites for hydroxylation is 1. The van der Waals surface area contributed by atoms with E-state index < -0.39 is 5.97 Å². The topological polar surface area (TPSA) is 75.6 Å². The Balaban J connectivity index is 2.41. The van der Waals surface area contributed by atoms with Gasteiger partial charge in [0.25, 0.3) is 5.91 Å². The first-order valence-corrected chi connectivity index (χ1v) is 7.62. The Morgan fingerprint density at radius 3 is 2.48 bits per heavy atom. The number of ether oxygens (including phenoxy) is 1. The minimum Gasteiger partial charge on any atom is -0.496 e. The van der Waals surface area contributed by atoms with Crippen molar-refractivity contribution in [3.05, 3.63) is 57.1 Å². The predicted octanol–water partition coefficient (Wildman–Crippen LogP) is 4.03. The van der Waals surface area contributed by atoms with Crippen molar-refractivity contribution in [1.82, 2.24) is 0 Å². The standard InChI is InChI=1S/C17H16BrNO4/c1-9-7-11(18)8-13(15(9)23-3)16(20)19-14-6-4-5-12(10(14)2)17(21)22/h4-8H,1-3H3,(H,19,20)(H,21,22). The molecule has 6 heteroatoms. The van der Waals surface area contributed by atoms with Crippen LogP contribution in [0.25, 0.3) is 0 Å². The van der Waals surface area contributed by atoms with Gasteiger partial charge in [0.15, 0.2) is 0 Å². The van der Waals surface area contributed by atoms with Gasteiger partial charge in [-0.1, -0.05) is 22.0 Å². The molecule has 0 heterocycles. The number of anilines is 1. The van der Waals surface area contributed by atoms with E-state index in [4.69, 9.17) is 9.84 Å². The monoisotopic (exact) mass is 377 g/mol. The molecule has 2 rings (SSSR count). The van der Waals surface area contributed by atoms with Crippen LogP contribution in [0.2, 0.25) is 0 Å². The molecule has 0 atom stereocenters. The molecule has 0 radical (unpaired) electrons. The van der Waals surface area contributed by atoms with Gasteiger partial charge in [-0.2, -0.15) is 0 Å². The van der Waals surface area contributed by atoms with Crippen LogP contribution in [0.4, 0.5) is 5.69 Å². The van der Waals surface area contributed by atoms with Gasteiger partial charge in [-0.25, -0.2) is 4.79 Å². The van der Waals surface area contributed by atoms with E-state index in [1.165, 1.54) is 13.2 Å². The summed E-state index contributed by atoms with van der Waals surface area (Å²) in [7, 11) is 1.50. The number of carbonyl (C=O) groups is 2. The van der Waals surface area contributed by atoms with E-state index in [1.807, 2.05) is 13.0 Å². The zero-order chi connectivity index (χ0) is 17.1. The highest BCUT2D eigenvalue weighted by Gasteiger charge is 2.18. The number of carbonyl (C=O) groups excluding carboxylic acids is 1. The van der Waals surface area contributed by atoms with Gasteiger partial charge in [-0.05, 0) is 49.2 Å². The molecule has 1 amide bonds. The van der Waals surface area contributed by atoms with Crippen molar-refractivity contribution in [3.8, 4) is 5.75 Å². The van der Waals surface area contributed by atoms with E-state index in [9.17, 15) is 9.59 Å². The molecule has 2 aromatic carbocycles. The van der Waals surface area contributed by atoms with Crippen LogP contribution in [0.1, 0.15) is 31.8 Å². The molecule has 0 fully saturated rings. The maximum atomic E-state index is 12.6. The summed E-state index contributed by atoms with van der Waals surface area (Å²) in [6.07, 6.45) is 0. The van der Waals surface area contributed by atoms with Crippen LogP contribution in [-0.2, 0) is 0 Å². The Bertz CT molecular complexity index is 786. The minimum atomic E-state index is -1.03. The van der Waals surface area contributed by atoms with Crippen molar-refractivity contribution < 1.29 is 19.4 Å². The van der Waals surface area contributed by atoms with Gasteiger partial charge in [0.05, 0.1) is 18.2 Å². The van der Waals surface area contributed by atoms with Gasteiger partial charge in [0.2, 0.25) is 0 Å². The van der Waals surface area contributed by atoms with Crippen molar-refractivity contribution in [2.24, 2.45) is 0 Å². The van der Waals surface area contributed by atoms with Crippen LogP contribution in [0.3, 0.4) is 0 Å². The Labute approximate surface area is 142 Å². The number of carboxylic acids is 1. The fraction of sp³-hybridized carbons (Fsp3) is 0.176. The van der Waals surface area contributed by atoms with E-state index in [2.05, 4.69) is 21.2 Å². The lowest BCUT2D eigenvalue weighted by Crippen LogP contribution is -2.15. The molecule has 0 aliphatic heterocycles. The van der Waals surface area contributed by atoms with Crippen LogP contribution in [0.5, 0.6) is 5.75 Å². The van der Waals surface area contributed by atoms with E-state index in [0.29, 0.717) is 22.6 Å². The van der Waals surface area contributed by atoms with Gasteiger partial charge in [-0.15, -0.1) is 0 Å². The second-order valence-corrected chi connectivity index (χ2v) is 5.96. The SMILES string of the molecule is COc1c(C)cc(Br)cc1C(=O)Nc1cccc(C(=O)O)c1C. The second-order valence-electron chi connectivity index (χ2n) is 5.04. The zero-order valence-corrected chi connectivity index (χ0v) is 14.5. The third-order valence-corrected chi connectivity index (χ3v) is 3.96. The summed E-state index contributed by atoms with van der Waals surface area (Å²) < 4.78 is 6.07. The van der Waals surface area contributed by atoms with Crippen molar-refractivity contribution in [1.29, 1.82) is 0 Å². The van der Waals surface area contributed by atoms with Gasteiger partial charge < -0.3 is 15.2 Å². The van der Waals surface area contributed by atoms with Gasteiger partial charge in [0.1, 0.15) is 5.75 Å². The van der Waals surface area contributed by atoms with Crippen LogP contribution in [0.15, 0.2) is 34.8 Å². The van der Waals surface area contributed by atoms with E-state index >= 15 is 0 Å². The first kappa shape index (κ1) is 17.0. The number of aromatic carboxylic acids is 1. The molecular formula is C17H16BrNO4. The van der Waals surface area contributed by atoms with Gasteiger partial charge in [0, 0.05) is 10.2 Å². The average molecular weight is 378 g/mol. The number of amides is 1. The lowest BCUT2D eigenvalue weighted by Gasteiger charge is -2.14. The first-order chi connectivity index (χ1) is 10.8. The number of hydrogen-bond acceptors (Lipinski definition) is 3. The Morgan fingerprint density at radius 2 is 1.87 bits per heavy atom. The summed E-state index contributed by atoms with van der Waals surface area (Å²) in [4.78, 5) is 23.8. The molecule has 2 N–H and O–H groups in total. The number of carboxylic acid groups (broad SMARTS) is 1. The summed E-state index contributed by atoms with van der Waals surface area (Å²) in [5.74, 6) is -0.913. The second kappa shape index (κ2) is 6.83. The van der Waals surface area contributed by atoms with Crippen LogP contribution in [-0.4, -0.2) is 24.1 Å². The van der Waals surface area contributed by atoms with Crippen molar-refractivity contribution in [3.63, 3.8) is 0 Å². The summed E-state index contributed by atoms with van der Waals surface area (Å²) in [5, 5.41) is 11.9. The van der Waals surface area contributed by atoms with Gasteiger partial charge >= 0.3 is 5.97 Å². The summed E-state index contributed by atoms with van der Waals surface area (Å²) in [5.41, 5.74) is 2.30. The largest absolute Gasteiger partial charge is 0.496 e. The quantitative estimate of drug-likeness (QED) is 0.843. The molecule has 0 saturated carbocycles. The molecule has 0 unspecified atom stereocenters. The van der Waals surface area contributed by atoms with E-state index in [0.717, 1.165) is 10.0 Å². The summed E-state index contributed by atoms with van der Waals surface area (Å²) in [6.45, 7) is 3.50. The number of hydrogen-bond donors (Lipinski definition) is 2. The number of methoxy groups -OCH3 is 1. The molecule has 0 aliphatic carbocycles. The normalized spacial score (nSPS) is 10.3. The maximum Gasteiger partial charge on any atom is 0.336 e. The number of rotatable bonds is 4. The smallest absolute Gasteiger partial charge is 0.336 e. The molecular weight excluding hydrogens is 362 g/mol. The van der Waals surface area contributed by atoms with Crippen molar-refractivity contribution in [2.45, 2.75) is 13.8 Å². The highest BCUT2D eigenvalue weighted by atomic mass is 79.9. The lowest BCUT2D eigenvalue weighted by molar-refractivity contribution is 0.0695. The van der Waals surface area contributed by atoms with E-state index in [1.54, 1.807) is 25.1 Å². The fourth-order valence-corrected chi connectivity index (χ4v) is 2.93. The molecule has 2 aromatic rings. The first-order valence-electron chi connectivity index (χ1n) is 6.83. The maximum absolute atomic E-state index is 12.6. The number of halogens is 1. The highest BCUT2D eigenvalue weighted by Crippen LogP contribution is 2.29. The Hall–Kier alpha value is -2.34. The third kappa shape index (κ3) is 3.53. The van der Waals surface area contributed by atoms with Crippen LogP contribution >= 0.6 is 15.9 Å².